The first-order valence-corrected chi connectivity index (χ1v) is 7.14. The van der Waals surface area contributed by atoms with Crippen molar-refractivity contribution in [2.45, 2.75) is 12.7 Å². The van der Waals surface area contributed by atoms with Crippen LogP contribution in [-0.4, -0.2) is 47.6 Å². The highest BCUT2D eigenvalue weighted by Gasteiger charge is 2.33. The average Bonchev–Trinajstić information content (AvgIpc) is 2.53. The fraction of sp³-hybridized carbons (Fsp3) is 0.312. The third-order valence-corrected chi connectivity index (χ3v) is 3.27. The molecule has 0 N–H and O–H groups in total. The van der Waals surface area contributed by atoms with Gasteiger partial charge in [0.15, 0.2) is 0 Å². The second-order valence-electron chi connectivity index (χ2n) is 5.43. The predicted molar refractivity (Wildman–Crippen MR) is 83.6 cm³/mol. The Kier molecular flexibility index (Phi) is 5.38. The minimum absolute atomic E-state index is 0.119. The summed E-state index contributed by atoms with van der Waals surface area (Å²) < 4.78 is 38.5. The van der Waals surface area contributed by atoms with E-state index in [1.54, 1.807) is 24.3 Å². The Balaban J connectivity index is 2.21. The highest BCUT2D eigenvalue weighted by molar-refractivity contribution is 5.92. The van der Waals surface area contributed by atoms with Crippen LogP contribution in [0.3, 0.4) is 0 Å². The van der Waals surface area contributed by atoms with Gasteiger partial charge < -0.3 is 9.80 Å². The van der Waals surface area contributed by atoms with Gasteiger partial charge in [0.2, 0.25) is 0 Å². The second kappa shape index (κ2) is 7.29. The molecule has 0 aliphatic carbocycles. The number of halogens is 3. The Hall–Kier alpha value is -2.64. The molecule has 0 atom stereocenters. The summed E-state index contributed by atoms with van der Waals surface area (Å²) in [5.41, 5.74) is 1.40. The van der Waals surface area contributed by atoms with Crippen molar-refractivity contribution in [3.05, 3.63) is 54.1 Å². The van der Waals surface area contributed by atoms with Crippen molar-refractivity contribution in [3.63, 3.8) is 0 Å². The summed E-state index contributed by atoms with van der Waals surface area (Å²) >= 11 is 0. The van der Waals surface area contributed by atoms with Crippen molar-refractivity contribution < 1.29 is 18.0 Å². The van der Waals surface area contributed by atoms with Gasteiger partial charge in [-0.05, 0) is 17.7 Å². The zero-order valence-corrected chi connectivity index (χ0v) is 13.3. The molecule has 2 aromatic rings. The smallest absolute Gasteiger partial charge is 0.378 e. The quantitative estimate of drug-likeness (QED) is 0.841. The molecule has 1 amide bonds. The number of nitrogens with zero attached hydrogens (tertiary/aromatic N) is 4. The molecule has 1 aromatic carbocycles. The molecule has 128 valence electrons. The van der Waals surface area contributed by atoms with Gasteiger partial charge in [-0.1, -0.05) is 12.1 Å². The summed E-state index contributed by atoms with van der Waals surface area (Å²) in [6.07, 6.45) is -0.724. The van der Waals surface area contributed by atoms with Gasteiger partial charge in [0.05, 0.1) is 6.20 Å². The first kappa shape index (κ1) is 17.7. The summed E-state index contributed by atoms with van der Waals surface area (Å²) in [4.78, 5) is 22.4. The number of hydrogen-bond acceptors (Lipinski definition) is 4. The van der Waals surface area contributed by atoms with E-state index in [0.717, 1.165) is 11.9 Å². The average molecular weight is 338 g/mol. The molecule has 0 radical (unpaired) electrons. The highest BCUT2D eigenvalue weighted by Crippen LogP contribution is 2.20. The summed E-state index contributed by atoms with van der Waals surface area (Å²) in [6, 6.07) is 6.97. The van der Waals surface area contributed by atoms with Gasteiger partial charge in [0.1, 0.15) is 12.2 Å². The van der Waals surface area contributed by atoms with Crippen molar-refractivity contribution in [2.24, 2.45) is 0 Å². The molecule has 0 saturated carbocycles. The van der Waals surface area contributed by atoms with E-state index in [-0.39, 0.29) is 12.2 Å². The molecule has 0 bridgehead atoms. The molecule has 8 heteroatoms. The Labute approximate surface area is 137 Å². The van der Waals surface area contributed by atoms with Crippen LogP contribution < -0.4 is 4.90 Å². The Morgan fingerprint density at radius 1 is 1.12 bits per heavy atom. The number of hydrogen-bond donors (Lipinski definition) is 0. The van der Waals surface area contributed by atoms with E-state index >= 15 is 0 Å². The number of amides is 1. The van der Waals surface area contributed by atoms with Crippen molar-refractivity contribution in [1.29, 1.82) is 0 Å². The van der Waals surface area contributed by atoms with E-state index in [2.05, 4.69) is 9.97 Å². The normalized spacial score (nSPS) is 11.2. The number of alkyl halides is 3. The van der Waals surface area contributed by atoms with E-state index in [1.807, 2.05) is 19.0 Å². The number of carbonyl (C=O) groups excluding carboxylic acids is 1. The van der Waals surface area contributed by atoms with E-state index in [4.69, 9.17) is 0 Å². The van der Waals surface area contributed by atoms with E-state index in [0.29, 0.717) is 10.5 Å². The second-order valence-corrected chi connectivity index (χ2v) is 5.43. The van der Waals surface area contributed by atoms with Gasteiger partial charge in [0.25, 0.3) is 5.91 Å². The molecule has 0 fully saturated rings. The van der Waals surface area contributed by atoms with Gasteiger partial charge in [-0.25, -0.2) is 4.98 Å². The molecule has 0 aliphatic rings. The number of rotatable bonds is 5. The van der Waals surface area contributed by atoms with Crippen molar-refractivity contribution in [3.8, 4) is 0 Å². The van der Waals surface area contributed by atoms with Crippen LogP contribution in [0.2, 0.25) is 0 Å². The fourth-order valence-corrected chi connectivity index (χ4v) is 2.11. The van der Waals surface area contributed by atoms with Gasteiger partial charge in [-0.3, -0.25) is 9.78 Å². The number of aromatic nitrogens is 2. The summed E-state index contributed by atoms with van der Waals surface area (Å²) in [5, 5.41) is 0. The summed E-state index contributed by atoms with van der Waals surface area (Å²) in [7, 11) is 3.73. The zero-order valence-electron chi connectivity index (χ0n) is 13.3. The molecule has 24 heavy (non-hydrogen) atoms. The lowest BCUT2D eigenvalue weighted by molar-refractivity contribution is -0.141. The van der Waals surface area contributed by atoms with Crippen LogP contribution in [0.4, 0.5) is 18.9 Å². The van der Waals surface area contributed by atoms with Crippen LogP contribution in [-0.2, 0) is 6.54 Å². The minimum atomic E-state index is -4.50. The minimum Gasteiger partial charge on any atom is -0.378 e. The lowest BCUT2D eigenvalue weighted by Crippen LogP contribution is -2.38. The maximum atomic E-state index is 12.8. The van der Waals surface area contributed by atoms with Crippen molar-refractivity contribution in [1.82, 2.24) is 14.9 Å². The van der Waals surface area contributed by atoms with Crippen LogP contribution in [0.5, 0.6) is 0 Å². The first-order valence-electron chi connectivity index (χ1n) is 7.14. The van der Waals surface area contributed by atoms with Gasteiger partial charge in [-0.2, -0.15) is 13.2 Å². The maximum Gasteiger partial charge on any atom is 0.406 e. The van der Waals surface area contributed by atoms with E-state index in [1.165, 1.54) is 12.4 Å². The fourth-order valence-electron chi connectivity index (χ4n) is 2.11. The molecule has 1 heterocycles. The standard InChI is InChI=1S/C16H17F3N4O/c1-22(2)13-5-3-12(4-6-13)10-23(11-16(17,18)19)15(24)14-9-20-7-8-21-14/h3-9H,10-11H2,1-2H3. The molecule has 0 spiro atoms. The van der Waals surface area contributed by atoms with Gasteiger partial charge in [0, 0.05) is 38.7 Å². The zero-order chi connectivity index (χ0) is 17.7. The molecule has 0 saturated heterocycles. The molecule has 2 rings (SSSR count). The topological polar surface area (TPSA) is 49.3 Å². The summed E-state index contributed by atoms with van der Waals surface area (Å²) in [6.45, 7) is -1.51. The van der Waals surface area contributed by atoms with Crippen LogP contribution in [0.25, 0.3) is 0 Å². The molecule has 0 aliphatic heterocycles. The maximum absolute atomic E-state index is 12.8. The van der Waals surface area contributed by atoms with Gasteiger partial charge >= 0.3 is 6.18 Å². The summed E-state index contributed by atoms with van der Waals surface area (Å²) in [5.74, 6) is -0.808. The largest absolute Gasteiger partial charge is 0.406 e. The van der Waals surface area contributed by atoms with E-state index < -0.39 is 18.6 Å². The monoisotopic (exact) mass is 338 g/mol. The van der Waals surface area contributed by atoms with Crippen LogP contribution in [0.15, 0.2) is 42.9 Å². The predicted octanol–water partition coefficient (Wildman–Crippen LogP) is 2.75. The van der Waals surface area contributed by atoms with Crippen LogP contribution >= 0.6 is 0 Å². The third-order valence-electron chi connectivity index (χ3n) is 3.27. The Morgan fingerprint density at radius 3 is 2.29 bits per heavy atom. The molecule has 0 unspecified atom stereocenters. The number of carbonyl (C=O) groups is 1. The lowest BCUT2D eigenvalue weighted by Gasteiger charge is -2.24. The van der Waals surface area contributed by atoms with Gasteiger partial charge in [-0.15, -0.1) is 0 Å². The highest BCUT2D eigenvalue weighted by atomic mass is 19.4. The molecular formula is C16H17F3N4O. The SMILES string of the molecule is CN(C)c1ccc(CN(CC(F)(F)F)C(=O)c2cnccn2)cc1. The van der Waals surface area contributed by atoms with E-state index in [9.17, 15) is 18.0 Å². The number of benzene rings is 1. The Morgan fingerprint density at radius 2 is 1.79 bits per heavy atom. The molecule has 5 nitrogen and oxygen atoms in total. The van der Waals surface area contributed by atoms with Crippen LogP contribution in [0.1, 0.15) is 16.1 Å². The first-order chi connectivity index (χ1) is 11.3. The Bertz CT molecular complexity index is 672. The van der Waals surface area contributed by atoms with Crippen molar-refractivity contribution in [2.75, 3.05) is 25.5 Å². The number of anilines is 1. The lowest BCUT2D eigenvalue weighted by atomic mass is 10.1. The third kappa shape index (κ3) is 4.94. The molecule has 1 aromatic heterocycles. The molecular weight excluding hydrogens is 321 g/mol. The van der Waals surface area contributed by atoms with Crippen LogP contribution in [0, 0.1) is 0 Å². The van der Waals surface area contributed by atoms with Crippen molar-refractivity contribution >= 4 is 11.6 Å².